The van der Waals surface area contributed by atoms with E-state index in [4.69, 9.17) is 4.98 Å². The second-order valence-electron chi connectivity index (χ2n) is 5.19. The maximum absolute atomic E-state index is 4.83. The topological polar surface area (TPSA) is 16.1 Å². The van der Waals surface area contributed by atoms with Crippen LogP contribution < -0.4 is 4.90 Å². The van der Waals surface area contributed by atoms with E-state index < -0.39 is 0 Å². The molecule has 1 heterocycles. The van der Waals surface area contributed by atoms with Gasteiger partial charge in [0.1, 0.15) is 5.82 Å². The molecule has 0 fully saturated rings. The summed E-state index contributed by atoms with van der Waals surface area (Å²) < 4.78 is 0. The minimum atomic E-state index is 0.682. The van der Waals surface area contributed by atoms with E-state index in [-0.39, 0.29) is 0 Å². The number of pyridine rings is 1. The molecule has 1 aromatic heterocycles. The molecule has 102 valence electrons. The number of benzene rings is 1. The van der Waals surface area contributed by atoms with Crippen LogP contribution in [0.1, 0.15) is 25.8 Å². The average molecular weight is 321 g/mol. The summed E-state index contributed by atoms with van der Waals surface area (Å²) in [6.07, 6.45) is 1.20. The van der Waals surface area contributed by atoms with Crippen molar-refractivity contribution in [3.05, 3.63) is 35.9 Å². The predicted octanol–water partition coefficient (Wildman–Crippen LogP) is 4.61. The molecular formula is C16H21BrN2. The summed E-state index contributed by atoms with van der Waals surface area (Å²) in [7, 11) is 2.13. The first-order chi connectivity index (χ1) is 9.15. The number of aromatic nitrogens is 1. The zero-order valence-corrected chi connectivity index (χ0v) is 13.4. The standard InChI is InChI=1S/C16H21BrN2/c1-4-12(2)11-19(3)16-14(10-17)9-13-7-5-6-8-15(13)18-16/h5-9,12H,4,10-11H2,1-3H3. The van der Waals surface area contributed by atoms with E-state index in [1.165, 1.54) is 17.4 Å². The average Bonchev–Trinajstić information content (AvgIpc) is 2.45. The number of rotatable bonds is 5. The maximum atomic E-state index is 4.83. The number of halogens is 1. The Hall–Kier alpha value is -1.09. The lowest BCUT2D eigenvalue weighted by atomic mass is 10.1. The van der Waals surface area contributed by atoms with Gasteiger partial charge in [-0.2, -0.15) is 0 Å². The highest BCUT2D eigenvalue weighted by Gasteiger charge is 2.12. The zero-order chi connectivity index (χ0) is 13.8. The number of nitrogens with zero attached hydrogens (tertiary/aromatic N) is 2. The van der Waals surface area contributed by atoms with Crippen molar-refractivity contribution >= 4 is 32.7 Å². The summed E-state index contributed by atoms with van der Waals surface area (Å²) >= 11 is 3.58. The molecule has 19 heavy (non-hydrogen) atoms. The fourth-order valence-electron chi connectivity index (χ4n) is 2.26. The van der Waals surface area contributed by atoms with Gasteiger partial charge in [-0.1, -0.05) is 54.4 Å². The van der Waals surface area contributed by atoms with Gasteiger partial charge in [0.25, 0.3) is 0 Å². The van der Waals surface area contributed by atoms with E-state index in [9.17, 15) is 0 Å². The molecule has 0 radical (unpaired) electrons. The number of hydrogen-bond acceptors (Lipinski definition) is 2. The molecule has 0 saturated carbocycles. The van der Waals surface area contributed by atoms with Crippen molar-refractivity contribution in [2.24, 2.45) is 5.92 Å². The van der Waals surface area contributed by atoms with Crippen LogP contribution in [-0.4, -0.2) is 18.6 Å². The van der Waals surface area contributed by atoms with Gasteiger partial charge in [0.2, 0.25) is 0 Å². The second kappa shape index (κ2) is 6.38. The molecule has 1 unspecified atom stereocenters. The molecule has 0 aliphatic rings. The van der Waals surface area contributed by atoms with E-state index in [1.54, 1.807) is 0 Å². The van der Waals surface area contributed by atoms with Crippen LogP contribution >= 0.6 is 15.9 Å². The first-order valence-electron chi connectivity index (χ1n) is 6.81. The first-order valence-corrected chi connectivity index (χ1v) is 7.93. The molecule has 0 saturated heterocycles. The summed E-state index contributed by atoms with van der Waals surface area (Å²) in [5.41, 5.74) is 2.32. The minimum Gasteiger partial charge on any atom is -0.359 e. The Balaban J connectivity index is 2.40. The SMILES string of the molecule is CCC(C)CN(C)c1nc2ccccc2cc1CBr. The summed E-state index contributed by atoms with van der Waals surface area (Å²) in [6, 6.07) is 10.5. The van der Waals surface area contributed by atoms with Gasteiger partial charge in [-0.15, -0.1) is 0 Å². The van der Waals surface area contributed by atoms with E-state index in [0.29, 0.717) is 5.92 Å². The lowest BCUT2D eigenvalue weighted by molar-refractivity contribution is 0.557. The van der Waals surface area contributed by atoms with Crippen molar-refractivity contribution in [1.82, 2.24) is 4.98 Å². The largest absolute Gasteiger partial charge is 0.359 e. The maximum Gasteiger partial charge on any atom is 0.133 e. The molecule has 0 aliphatic carbocycles. The highest BCUT2D eigenvalue weighted by molar-refractivity contribution is 9.08. The molecule has 0 amide bonds. The van der Waals surface area contributed by atoms with Crippen LogP contribution in [0, 0.1) is 5.92 Å². The number of para-hydroxylation sites is 1. The Morgan fingerprint density at radius 3 is 2.74 bits per heavy atom. The number of hydrogen-bond donors (Lipinski definition) is 0. The smallest absolute Gasteiger partial charge is 0.133 e. The van der Waals surface area contributed by atoms with Crippen molar-refractivity contribution in [1.29, 1.82) is 0 Å². The van der Waals surface area contributed by atoms with Gasteiger partial charge in [-0.25, -0.2) is 4.98 Å². The van der Waals surface area contributed by atoms with Crippen molar-refractivity contribution in [2.45, 2.75) is 25.6 Å². The number of alkyl halides is 1. The van der Waals surface area contributed by atoms with Crippen molar-refractivity contribution in [3.8, 4) is 0 Å². The van der Waals surface area contributed by atoms with Crippen molar-refractivity contribution in [2.75, 3.05) is 18.5 Å². The van der Waals surface area contributed by atoms with Crippen LogP contribution in [0.4, 0.5) is 5.82 Å². The molecule has 2 rings (SSSR count). The van der Waals surface area contributed by atoms with Gasteiger partial charge in [0, 0.05) is 29.9 Å². The van der Waals surface area contributed by atoms with Gasteiger partial charge >= 0.3 is 0 Å². The van der Waals surface area contributed by atoms with Crippen LogP contribution in [0.5, 0.6) is 0 Å². The normalized spacial score (nSPS) is 12.6. The molecular weight excluding hydrogens is 300 g/mol. The fraction of sp³-hybridized carbons (Fsp3) is 0.438. The Morgan fingerprint density at radius 2 is 2.05 bits per heavy atom. The molecule has 2 aromatic rings. The third kappa shape index (κ3) is 3.27. The molecule has 1 aromatic carbocycles. The van der Waals surface area contributed by atoms with Gasteiger partial charge in [0.15, 0.2) is 0 Å². The van der Waals surface area contributed by atoms with E-state index in [1.807, 2.05) is 6.07 Å². The summed E-state index contributed by atoms with van der Waals surface area (Å²) in [4.78, 5) is 7.10. The Morgan fingerprint density at radius 1 is 1.32 bits per heavy atom. The summed E-state index contributed by atoms with van der Waals surface area (Å²) in [5, 5.41) is 2.04. The van der Waals surface area contributed by atoms with Gasteiger partial charge in [-0.3, -0.25) is 0 Å². The number of fused-ring (bicyclic) bond motifs is 1. The van der Waals surface area contributed by atoms with Crippen molar-refractivity contribution in [3.63, 3.8) is 0 Å². The minimum absolute atomic E-state index is 0.682. The Labute approximate surface area is 124 Å². The molecule has 0 spiro atoms. The Bertz CT molecular complexity index is 553. The molecule has 3 heteroatoms. The van der Waals surface area contributed by atoms with Crippen LogP contribution in [0.3, 0.4) is 0 Å². The van der Waals surface area contributed by atoms with Gasteiger partial charge in [-0.05, 0) is 18.1 Å². The van der Waals surface area contributed by atoms with Crippen molar-refractivity contribution < 1.29 is 0 Å². The lowest BCUT2D eigenvalue weighted by Crippen LogP contribution is -2.25. The van der Waals surface area contributed by atoms with Crippen LogP contribution in [0.25, 0.3) is 10.9 Å². The highest BCUT2D eigenvalue weighted by atomic mass is 79.9. The van der Waals surface area contributed by atoms with Crippen LogP contribution in [0.15, 0.2) is 30.3 Å². The molecule has 0 aliphatic heterocycles. The fourth-order valence-corrected chi connectivity index (χ4v) is 2.67. The molecule has 0 bridgehead atoms. The Kier molecular flexibility index (Phi) is 4.81. The summed E-state index contributed by atoms with van der Waals surface area (Å²) in [6.45, 7) is 5.56. The highest BCUT2D eigenvalue weighted by Crippen LogP contribution is 2.25. The molecule has 2 nitrogen and oxygen atoms in total. The number of anilines is 1. The second-order valence-corrected chi connectivity index (χ2v) is 5.75. The molecule has 1 atom stereocenters. The van der Waals surface area contributed by atoms with E-state index >= 15 is 0 Å². The first kappa shape index (κ1) is 14.3. The third-order valence-electron chi connectivity index (χ3n) is 3.57. The van der Waals surface area contributed by atoms with Gasteiger partial charge in [0.05, 0.1) is 5.52 Å². The van der Waals surface area contributed by atoms with E-state index in [0.717, 1.165) is 23.2 Å². The summed E-state index contributed by atoms with van der Waals surface area (Å²) in [5.74, 6) is 1.78. The van der Waals surface area contributed by atoms with E-state index in [2.05, 4.69) is 66.0 Å². The monoisotopic (exact) mass is 320 g/mol. The predicted molar refractivity (Wildman–Crippen MR) is 87.1 cm³/mol. The van der Waals surface area contributed by atoms with Gasteiger partial charge < -0.3 is 4.90 Å². The zero-order valence-electron chi connectivity index (χ0n) is 11.9. The molecule has 0 N–H and O–H groups in total. The quantitative estimate of drug-likeness (QED) is 0.748. The third-order valence-corrected chi connectivity index (χ3v) is 4.17. The van der Waals surface area contributed by atoms with Crippen LogP contribution in [0.2, 0.25) is 0 Å². The lowest BCUT2D eigenvalue weighted by Gasteiger charge is -2.24. The van der Waals surface area contributed by atoms with Crippen LogP contribution in [-0.2, 0) is 5.33 Å².